The summed E-state index contributed by atoms with van der Waals surface area (Å²) in [6, 6.07) is 10.7. The standard InChI is InChI=1S/C13H11N/c1-2-7-12-10-11-6-3-4-8-13(11)14(12)9-5-1/h1-8,10H,9H2. The molecule has 1 aliphatic heterocycles. The van der Waals surface area contributed by atoms with Gasteiger partial charge >= 0.3 is 0 Å². The third-order valence-electron chi connectivity index (χ3n) is 2.64. The minimum Gasteiger partial charge on any atom is -0.337 e. The van der Waals surface area contributed by atoms with E-state index in [1.54, 1.807) is 0 Å². The SMILES string of the molecule is C1=CCn2c(cc3ccccc32)C=C1. The van der Waals surface area contributed by atoms with Crippen LogP contribution in [-0.4, -0.2) is 4.57 Å². The van der Waals surface area contributed by atoms with E-state index >= 15 is 0 Å². The molecule has 1 aliphatic rings. The van der Waals surface area contributed by atoms with Crippen LogP contribution in [0, 0.1) is 0 Å². The van der Waals surface area contributed by atoms with Gasteiger partial charge in [-0.25, -0.2) is 0 Å². The molecule has 3 rings (SSSR count). The van der Waals surface area contributed by atoms with Crippen molar-refractivity contribution in [1.82, 2.24) is 4.57 Å². The molecule has 1 aromatic heterocycles. The summed E-state index contributed by atoms with van der Waals surface area (Å²) >= 11 is 0. The molecule has 0 aliphatic carbocycles. The third-order valence-corrected chi connectivity index (χ3v) is 2.64. The van der Waals surface area contributed by atoms with Crippen molar-refractivity contribution in [3.05, 3.63) is 54.3 Å². The Balaban J connectivity index is 2.37. The summed E-state index contributed by atoms with van der Waals surface area (Å²) in [6.07, 6.45) is 8.53. The number of hydrogen-bond donors (Lipinski definition) is 0. The Morgan fingerprint density at radius 3 is 3.00 bits per heavy atom. The molecule has 0 atom stereocenters. The predicted octanol–water partition coefficient (Wildman–Crippen LogP) is 3.22. The van der Waals surface area contributed by atoms with Gasteiger partial charge in [-0.1, -0.05) is 36.4 Å². The second-order valence-electron chi connectivity index (χ2n) is 3.53. The molecule has 0 N–H and O–H groups in total. The maximum atomic E-state index is 2.33. The first-order valence-electron chi connectivity index (χ1n) is 4.87. The highest BCUT2D eigenvalue weighted by Crippen LogP contribution is 2.21. The van der Waals surface area contributed by atoms with Gasteiger partial charge in [0.1, 0.15) is 0 Å². The molecule has 0 radical (unpaired) electrons. The number of allylic oxidation sites excluding steroid dienone is 3. The molecule has 1 aromatic carbocycles. The molecule has 0 fully saturated rings. The summed E-state index contributed by atoms with van der Waals surface area (Å²) in [6.45, 7) is 0.968. The molecule has 1 nitrogen and oxygen atoms in total. The van der Waals surface area contributed by atoms with E-state index in [1.165, 1.54) is 16.6 Å². The van der Waals surface area contributed by atoms with Crippen LogP contribution in [0.15, 0.2) is 48.6 Å². The van der Waals surface area contributed by atoms with Gasteiger partial charge in [0.2, 0.25) is 0 Å². The van der Waals surface area contributed by atoms with Gasteiger partial charge in [0.05, 0.1) is 0 Å². The first kappa shape index (κ1) is 7.63. The van der Waals surface area contributed by atoms with Crippen LogP contribution in [0.5, 0.6) is 0 Å². The molecule has 2 heterocycles. The Hall–Kier alpha value is -1.76. The molecule has 2 aromatic rings. The summed E-state index contributed by atoms with van der Waals surface area (Å²) in [5.41, 5.74) is 2.61. The first-order valence-corrected chi connectivity index (χ1v) is 4.87. The van der Waals surface area contributed by atoms with E-state index in [1.807, 2.05) is 0 Å². The van der Waals surface area contributed by atoms with Gasteiger partial charge in [-0.2, -0.15) is 0 Å². The van der Waals surface area contributed by atoms with E-state index in [-0.39, 0.29) is 0 Å². The van der Waals surface area contributed by atoms with E-state index < -0.39 is 0 Å². The van der Waals surface area contributed by atoms with Crippen LogP contribution in [0.2, 0.25) is 0 Å². The molecule has 0 bridgehead atoms. The van der Waals surface area contributed by atoms with Crippen molar-refractivity contribution in [2.45, 2.75) is 6.54 Å². The smallest absolute Gasteiger partial charge is 0.0488 e. The maximum Gasteiger partial charge on any atom is 0.0488 e. The highest BCUT2D eigenvalue weighted by molar-refractivity contribution is 5.84. The van der Waals surface area contributed by atoms with Crippen molar-refractivity contribution >= 4 is 17.0 Å². The van der Waals surface area contributed by atoms with E-state index in [4.69, 9.17) is 0 Å². The summed E-state index contributed by atoms with van der Waals surface area (Å²) in [5, 5.41) is 1.32. The van der Waals surface area contributed by atoms with E-state index in [0.29, 0.717) is 0 Å². The van der Waals surface area contributed by atoms with Crippen LogP contribution in [0.1, 0.15) is 5.69 Å². The summed E-state index contributed by atoms with van der Waals surface area (Å²) in [4.78, 5) is 0. The lowest BCUT2D eigenvalue weighted by Gasteiger charge is -2.02. The zero-order chi connectivity index (χ0) is 9.38. The topological polar surface area (TPSA) is 4.93 Å². The monoisotopic (exact) mass is 181 g/mol. The lowest BCUT2D eigenvalue weighted by molar-refractivity contribution is 0.856. The van der Waals surface area contributed by atoms with Crippen LogP contribution in [-0.2, 0) is 6.54 Å². The van der Waals surface area contributed by atoms with E-state index in [0.717, 1.165) is 6.54 Å². The van der Waals surface area contributed by atoms with Crippen molar-refractivity contribution < 1.29 is 0 Å². The van der Waals surface area contributed by atoms with Crippen molar-refractivity contribution in [3.8, 4) is 0 Å². The fourth-order valence-corrected chi connectivity index (χ4v) is 1.97. The minimum absolute atomic E-state index is 0.968. The van der Waals surface area contributed by atoms with Gasteiger partial charge < -0.3 is 4.57 Å². The highest BCUT2D eigenvalue weighted by Gasteiger charge is 2.05. The number of aromatic nitrogens is 1. The average Bonchev–Trinajstić information content (AvgIpc) is 2.42. The molecule has 0 spiro atoms. The van der Waals surface area contributed by atoms with Gasteiger partial charge in [0, 0.05) is 23.1 Å². The quantitative estimate of drug-likeness (QED) is 0.588. The van der Waals surface area contributed by atoms with Crippen LogP contribution in [0.25, 0.3) is 17.0 Å². The van der Waals surface area contributed by atoms with Gasteiger partial charge in [-0.3, -0.25) is 0 Å². The fourth-order valence-electron chi connectivity index (χ4n) is 1.97. The Bertz CT molecular complexity index is 529. The molecule has 1 heteroatoms. The largest absolute Gasteiger partial charge is 0.337 e. The molecule has 0 saturated heterocycles. The van der Waals surface area contributed by atoms with Crippen molar-refractivity contribution in [2.75, 3.05) is 0 Å². The average molecular weight is 181 g/mol. The third kappa shape index (κ3) is 1.02. The Labute approximate surface area is 83.0 Å². The number of hydrogen-bond acceptors (Lipinski definition) is 0. The van der Waals surface area contributed by atoms with Crippen molar-refractivity contribution in [3.63, 3.8) is 0 Å². The zero-order valence-electron chi connectivity index (χ0n) is 7.85. The minimum atomic E-state index is 0.968. The fraction of sp³-hybridized carbons (Fsp3) is 0.0769. The maximum absolute atomic E-state index is 2.33. The molecular weight excluding hydrogens is 170 g/mol. The molecule has 68 valence electrons. The Morgan fingerprint density at radius 2 is 2.00 bits per heavy atom. The van der Waals surface area contributed by atoms with E-state index in [2.05, 4.69) is 59.2 Å². The van der Waals surface area contributed by atoms with Gasteiger partial charge in [-0.05, 0) is 18.2 Å². The molecule has 0 amide bonds. The summed E-state index contributed by atoms with van der Waals surface area (Å²) < 4.78 is 2.33. The molecule has 14 heavy (non-hydrogen) atoms. The van der Waals surface area contributed by atoms with Crippen LogP contribution in [0.4, 0.5) is 0 Å². The second-order valence-corrected chi connectivity index (χ2v) is 3.53. The van der Waals surface area contributed by atoms with Crippen LogP contribution < -0.4 is 0 Å². The van der Waals surface area contributed by atoms with Gasteiger partial charge in [-0.15, -0.1) is 0 Å². The van der Waals surface area contributed by atoms with Crippen LogP contribution in [0.3, 0.4) is 0 Å². The Morgan fingerprint density at radius 1 is 1.07 bits per heavy atom. The first-order chi connectivity index (χ1) is 6.95. The summed E-state index contributed by atoms with van der Waals surface area (Å²) in [7, 11) is 0. The van der Waals surface area contributed by atoms with Crippen LogP contribution >= 0.6 is 0 Å². The normalized spacial score (nSPS) is 14.3. The number of fused-ring (bicyclic) bond motifs is 3. The Kier molecular flexibility index (Phi) is 1.57. The second kappa shape index (κ2) is 2.88. The van der Waals surface area contributed by atoms with Crippen molar-refractivity contribution in [1.29, 1.82) is 0 Å². The van der Waals surface area contributed by atoms with Gasteiger partial charge in [0.25, 0.3) is 0 Å². The molecule has 0 saturated carbocycles. The molecule has 0 unspecified atom stereocenters. The number of benzene rings is 1. The highest BCUT2D eigenvalue weighted by atomic mass is 15.0. The van der Waals surface area contributed by atoms with Gasteiger partial charge in [0.15, 0.2) is 0 Å². The lowest BCUT2D eigenvalue weighted by atomic mass is 10.2. The lowest BCUT2D eigenvalue weighted by Crippen LogP contribution is -1.95. The summed E-state index contributed by atoms with van der Waals surface area (Å²) in [5.74, 6) is 0. The van der Waals surface area contributed by atoms with Crippen molar-refractivity contribution in [2.24, 2.45) is 0 Å². The predicted molar refractivity (Wildman–Crippen MR) is 60.1 cm³/mol. The molecular formula is C13H11N. The number of rotatable bonds is 0. The zero-order valence-corrected chi connectivity index (χ0v) is 7.85. The van der Waals surface area contributed by atoms with E-state index in [9.17, 15) is 0 Å². The number of nitrogens with zero attached hydrogens (tertiary/aromatic N) is 1. The number of para-hydroxylation sites is 1.